The highest BCUT2D eigenvalue weighted by atomic mass is 19.4. The lowest BCUT2D eigenvalue weighted by atomic mass is 9.92. The molecule has 1 amide bonds. The van der Waals surface area contributed by atoms with Crippen molar-refractivity contribution in [2.24, 2.45) is 5.92 Å². The van der Waals surface area contributed by atoms with Crippen molar-refractivity contribution in [3.8, 4) is 5.75 Å². The molecule has 172 valence electrons. The van der Waals surface area contributed by atoms with Gasteiger partial charge in [0.15, 0.2) is 6.10 Å². The van der Waals surface area contributed by atoms with Gasteiger partial charge in [0.05, 0.1) is 5.92 Å². The fourth-order valence-corrected chi connectivity index (χ4v) is 3.65. The minimum Gasteiger partial charge on any atom is -0.479 e. The Bertz CT molecular complexity index is 913. The van der Waals surface area contributed by atoms with Crippen LogP contribution >= 0.6 is 0 Å². The zero-order chi connectivity index (χ0) is 23.3. The summed E-state index contributed by atoms with van der Waals surface area (Å²) < 4.78 is 40.8. The van der Waals surface area contributed by atoms with E-state index in [1.807, 2.05) is 4.90 Å². The first-order valence-electron chi connectivity index (χ1n) is 9.98. The molecule has 1 saturated heterocycles. The number of nitrogens with zero attached hydrogens (tertiary/aromatic N) is 2. The van der Waals surface area contributed by atoms with Gasteiger partial charge in [0.2, 0.25) is 5.91 Å². The molecule has 0 bridgehead atoms. The van der Waals surface area contributed by atoms with Gasteiger partial charge >= 0.3 is 12.3 Å². The van der Waals surface area contributed by atoms with E-state index in [-0.39, 0.29) is 25.3 Å². The molecule has 1 heterocycles. The summed E-state index contributed by atoms with van der Waals surface area (Å²) in [6, 6.07) is 14.3. The number of piperazine rings is 1. The molecular formula is C22H23F3N2O5. The first kappa shape index (κ1) is 23.4. The van der Waals surface area contributed by atoms with E-state index in [2.05, 4.69) is 4.74 Å². The summed E-state index contributed by atoms with van der Waals surface area (Å²) in [5, 5.41) is 19.4. The number of rotatable bonds is 7. The molecule has 0 unspecified atom stereocenters. The summed E-state index contributed by atoms with van der Waals surface area (Å²) in [6.45, 7) is 1.40. The molecule has 3 rings (SSSR count). The summed E-state index contributed by atoms with van der Waals surface area (Å²) in [6.07, 6.45) is -6.50. The first-order valence-corrected chi connectivity index (χ1v) is 9.98. The number of carboxylic acids is 1. The molecule has 2 aromatic rings. The number of amides is 1. The van der Waals surface area contributed by atoms with Crippen LogP contribution in [-0.4, -0.2) is 65.6 Å². The quantitative estimate of drug-likeness (QED) is 0.671. The minimum atomic E-state index is -4.76. The van der Waals surface area contributed by atoms with Crippen LogP contribution in [0.4, 0.5) is 18.9 Å². The highest BCUT2D eigenvalue weighted by Crippen LogP contribution is 2.26. The van der Waals surface area contributed by atoms with Gasteiger partial charge in [-0.05, 0) is 36.2 Å². The molecule has 32 heavy (non-hydrogen) atoms. The van der Waals surface area contributed by atoms with Crippen molar-refractivity contribution in [3.63, 3.8) is 0 Å². The molecule has 1 aliphatic heterocycles. The van der Waals surface area contributed by atoms with Crippen molar-refractivity contribution in [2.45, 2.75) is 18.9 Å². The monoisotopic (exact) mass is 452 g/mol. The van der Waals surface area contributed by atoms with Gasteiger partial charge in [0.1, 0.15) is 5.75 Å². The number of benzene rings is 2. The Morgan fingerprint density at radius 1 is 0.969 bits per heavy atom. The van der Waals surface area contributed by atoms with E-state index < -0.39 is 30.3 Å². The number of hydrogen-bond acceptors (Lipinski definition) is 5. The summed E-state index contributed by atoms with van der Waals surface area (Å²) >= 11 is 0. The molecule has 1 aliphatic rings. The number of aliphatic carboxylic acids is 1. The molecule has 10 heteroatoms. The zero-order valence-corrected chi connectivity index (χ0v) is 17.0. The maximum Gasteiger partial charge on any atom is 0.573 e. The van der Waals surface area contributed by atoms with Crippen molar-refractivity contribution in [1.82, 2.24) is 4.90 Å². The number of ether oxygens (including phenoxy) is 1. The lowest BCUT2D eigenvalue weighted by molar-refractivity contribution is -0.274. The largest absolute Gasteiger partial charge is 0.573 e. The van der Waals surface area contributed by atoms with Crippen molar-refractivity contribution < 1.29 is 37.7 Å². The topological polar surface area (TPSA) is 90.3 Å². The van der Waals surface area contributed by atoms with E-state index >= 15 is 0 Å². The van der Waals surface area contributed by atoms with Gasteiger partial charge < -0.3 is 24.7 Å². The van der Waals surface area contributed by atoms with Crippen molar-refractivity contribution in [2.75, 3.05) is 31.1 Å². The van der Waals surface area contributed by atoms with E-state index in [0.29, 0.717) is 18.8 Å². The minimum absolute atomic E-state index is 0.0913. The van der Waals surface area contributed by atoms with Gasteiger partial charge in [-0.25, -0.2) is 4.79 Å². The Labute approximate surface area is 182 Å². The molecule has 0 saturated carbocycles. The molecule has 0 aliphatic carbocycles. The van der Waals surface area contributed by atoms with E-state index in [1.54, 1.807) is 30.3 Å². The molecule has 0 radical (unpaired) electrons. The van der Waals surface area contributed by atoms with E-state index in [1.165, 1.54) is 29.2 Å². The fraction of sp³-hybridized carbons (Fsp3) is 0.364. The molecule has 0 spiro atoms. The second kappa shape index (κ2) is 9.90. The predicted octanol–water partition coefficient (Wildman–Crippen LogP) is 2.54. The molecule has 2 aromatic carbocycles. The van der Waals surface area contributed by atoms with Gasteiger partial charge in [0, 0.05) is 31.9 Å². The average Bonchev–Trinajstić information content (AvgIpc) is 2.77. The molecular weight excluding hydrogens is 429 g/mol. The number of halogens is 3. The van der Waals surface area contributed by atoms with Gasteiger partial charge in [-0.3, -0.25) is 4.79 Å². The average molecular weight is 452 g/mol. The smallest absolute Gasteiger partial charge is 0.479 e. The standard InChI is InChI=1S/C22H23F3N2O5/c23-22(24,25)32-17-8-6-16(7-9-17)26-10-12-27(13-11-26)20(29)18(19(28)21(30)31)14-15-4-2-1-3-5-15/h1-9,18-19,28H,10-14H2,(H,30,31)/t18-,19-/m0/s1. The molecule has 2 N–H and O–H groups in total. The second-order valence-corrected chi connectivity index (χ2v) is 7.43. The zero-order valence-electron chi connectivity index (χ0n) is 17.0. The Morgan fingerprint density at radius 2 is 1.56 bits per heavy atom. The number of aliphatic hydroxyl groups excluding tert-OH is 1. The van der Waals surface area contributed by atoms with Crippen molar-refractivity contribution in [1.29, 1.82) is 0 Å². The molecule has 2 atom stereocenters. The maximum atomic E-state index is 13.0. The second-order valence-electron chi connectivity index (χ2n) is 7.43. The van der Waals surface area contributed by atoms with Crippen LogP contribution < -0.4 is 9.64 Å². The molecule has 7 nitrogen and oxygen atoms in total. The third kappa shape index (κ3) is 6.13. The summed E-state index contributed by atoms with van der Waals surface area (Å²) in [4.78, 5) is 27.8. The Hall–Kier alpha value is -3.27. The van der Waals surface area contributed by atoms with E-state index in [4.69, 9.17) is 0 Å². The van der Waals surface area contributed by atoms with Gasteiger partial charge in [-0.15, -0.1) is 13.2 Å². The summed E-state index contributed by atoms with van der Waals surface area (Å²) in [5.41, 5.74) is 1.42. The maximum absolute atomic E-state index is 13.0. The fourth-order valence-electron chi connectivity index (χ4n) is 3.65. The highest BCUT2D eigenvalue weighted by Gasteiger charge is 2.36. The number of carbonyl (C=O) groups is 2. The summed E-state index contributed by atoms with van der Waals surface area (Å²) in [7, 11) is 0. The first-order chi connectivity index (χ1) is 15.1. The van der Waals surface area contributed by atoms with Crippen molar-refractivity contribution >= 4 is 17.6 Å². The number of carboxylic acid groups (broad SMARTS) is 1. The normalized spacial score (nSPS) is 16.4. The van der Waals surface area contributed by atoms with E-state index in [9.17, 15) is 33.0 Å². The number of aliphatic hydroxyl groups is 1. The molecule has 0 aromatic heterocycles. The third-order valence-electron chi connectivity index (χ3n) is 5.28. The lowest BCUT2D eigenvalue weighted by Crippen LogP contribution is -2.53. The van der Waals surface area contributed by atoms with Crippen LogP contribution in [-0.2, 0) is 16.0 Å². The van der Waals surface area contributed by atoms with Gasteiger partial charge in [-0.2, -0.15) is 0 Å². The number of hydrogen-bond donors (Lipinski definition) is 2. The van der Waals surface area contributed by atoms with Crippen LogP contribution in [0.1, 0.15) is 5.56 Å². The van der Waals surface area contributed by atoms with Crippen LogP contribution in [0, 0.1) is 5.92 Å². The number of carbonyl (C=O) groups excluding carboxylic acids is 1. The van der Waals surface area contributed by atoms with Gasteiger partial charge in [0.25, 0.3) is 0 Å². The predicted molar refractivity (Wildman–Crippen MR) is 109 cm³/mol. The van der Waals surface area contributed by atoms with E-state index in [0.717, 1.165) is 5.56 Å². The highest BCUT2D eigenvalue weighted by molar-refractivity contribution is 5.86. The van der Waals surface area contributed by atoms with Crippen LogP contribution in [0.15, 0.2) is 54.6 Å². The van der Waals surface area contributed by atoms with Crippen LogP contribution in [0.25, 0.3) is 0 Å². The summed E-state index contributed by atoms with van der Waals surface area (Å²) in [5.74, 6) is -3.35. The number of alkyl halides is 3. The van der Waals surface area contributed by atoms with Crippen LogP contribution in [0.2, 0.25) is 0 Å². The van der Waals surface area contributed by atoms with Crippen molar-refractivity contribution in [3.05, 3.63) is 60.2 Å². The van der Waals surface area contributed by atoms with Gasteiger partial charge in [-0.1, -0.05) is 30.3 Å². The third-order valence-corrected chi connectivity index (χ3v) is 5.28. The number of anilines is 1. The Kier molecular flexibility index (Phi) is 7.24. The Balaban J connectivity index is 1.63. The SMILES string of the molecule is O=C(O)[C@@H](O)[C@H](Cc1ccccc1)C(=O)N1CCN(c2ccc(OC(F)(F)F)cc2)CC1. The van der Waals surface area contributed by atoms with Crippen LogP contribution in [0.3, 0.4) is 0 Å². The van der Waals surface area contributed by atoms with Crippen LogP contribution in [0.5, 0.6) is 5.75 Å². The lowest BCUT2D eigenvalue weighted by Gasteiger charge is -2.38. The molecule has 1 fully saturated rings. The Morgan fingerprint density at radius 3 is 2.09 bits per heavy atom.